The Morgan fingerprint density at radius 1 is 1.18 bits per heavy atom. The molecule has 1 aromatic carbocycles. The van der Waals surface area contributed by atoms with Crippen LogP contribution in [0.15, 0.2) is 35.1 Å². The summed E-state index contributed by atoms with van der Waals surface area (Å²) in [4.78, 5) is 34.4. The van der Waals surface area contributed by atoms with Crippen LogP contribution in [0.3, 0.4) is 0 Å². The maximum absolute atomic E-state index is 14.4. The molecule has 2 unspecified atom stereocenters. The van der Waals surface area contributed by atoms with Gasteiger partial charge in [-0.3, -0.25) is 24.7 Å². The first kappa shape index (κ1) is 22.8. The van der Waals surface area contributed by atoms with E-state index in [0.717, 1.165) is 38.3 Å². The number of rotatable bonds is 4. The van der Waals surface area contributed by atoms with Crippen molar-refractivity contribution in [3.8, 4) is 0 Å². The van der Waals surface area contributed by atoms with E-state index in [9.17, 15) is 14.0 Å². The van der Waals surface area contributed by atoms with Crippen LogP contribution >= 0.6 is 28.6 Å². The number of halogens is 2. The molecule has 2 atom stereocenters. The van der Waals surface area contributed by atoms with Crippen molar-refractivity contribution in [1.82, 2.24) is 20.1 Å². The molecule has 4 heterocycles. The highest BCUT2D eigenvalue weighted by Crippen LogP contribution is 2.41. The van der Waals surface area contributed by atoms with Crippen LogP contribution in [0.5, 0.6) is 0 Å². The minimum atomic E-state index is -0.344. The number of carbonyl (C=O) groups excluding carboxylic acids is 2. The van der Waals surface area contributed by atoms with Crippen LogP contribution in [0.4, 0.5) is 10.1 Å². The van der Waals surface area contributed by atoms with E-state index in [0.29, 0.717) is 25.1 Å². The van der Waals surface area contributed by atoms with Gasteiger partial charge in [0.1, 0.15) is 4.60 Å². The molecule has 1 N–H and O–H groups in total. The number of nitrogens with zero attached hydrogens (tertiary/aromatic N) is 4. The van der Waals surface area contributed by atoms with E-state index in [1.807, 2.05) is 6.07 Å². The predicted molar refractivity (Wildman–Crippen MR) is 129 cm³/mol. The molecule has 33 heavy (non-hydrogen) atoms. The van der Waals surface area contributed by atoms with Crippen LogP contribution in [-0.2, 0) is 22.7 Å². The van der Waals surface area contributed by atoms with Crippen LogP contribution in [0.1, 0.15) is 34.9 Å². The first-order valence-electron chi connectivity index (χ1n) is 11.1. The van der Waals surface area contributed by atoms with E-state index < -0.39 is 0 Å². The van der Waals surface area contributed by atoms with Gasteiger partial charge in [0.25, 0.3) is 0 Å². The van der Waals surface area contributed by atoms with Crippen LogP contribution in [0.2, 0.25) is 0 Å². The second kappa shape index (κ2) is 9.32. The zero-order valence-electron chi connectivity index (χ0n) is 18.0. The molecule has 0 bridgehead atoms. The van der Waals surface area contributed by atoms with Gasteiger partial charge in [-0.25, -0.2) is 9.37 Å². The van der Waals surface area contributed by atoms with Gasteiger partial charge in [0.2, 0.25) is 11.8 Å². The summed E-state index contributed by atoms with van der Waals surface area (Å²) in [6.45, 7) is 4.56. The Hall–Kier alpha value is -2.01. The minimum Gasteiger partial charge on any atom is -0.366 e. The molecule has 5 rings (SSSR count). The lowest BCUT2D eigenvalue weighted by Crippen LogP contribution is -2.51. The Morgan fingerprint density at radius 2 is 1.97 bits per heavy atom. The van der Waals surface area contributed by atoms with Gasteiger partial charge < -0.3 is 4.90 Å². The van der Waals surface area contributed by atoms with Crippen molar-refractivity contribution in [2.75, 3.05) is 31.1 Å². The number of benzene rings is 1. The molecule has 0 aliphatic carbocycles. The molecule has 0 radical (unpaired) electrons. The topological polar surface area (TPSA) is 68.8 Å². The molecule has 2 amide bonds. The van der Waals surface area contributed by atoms with Crippen LogP contribution in [0, 0.1) is 5.82 Å². The lowest BCUT2D eigenvalue weighted by Gasteiger charge is -2.36. The lowest BCUT2D eigenvalue weighted by molar-refractivity contribution is -0.137. The molecule has 2 fully saturated rings. The van der Waals surface area contributed by atoms with E-state index in [1.165, 1.54) is 11.1 Å². The summed E-state index contributed by atoms with van der Waals surface area (Å²) < 4.78 is 14.7. The van der Waals surface area contributed by atoms with Crippen LogP contribution in [-0.4, -0.2) is 58.8 Å². The standard InChI is InChI=1S/C23H25BrFN5O2S/c24-21-20(25)17(6-7-26-21)29-10-8-28(9-11-29)12-14-2-1-3-15-16(14)13-30(23(15)33)18-4-5-19(31)27-22(18)32/h1-3,6-7,18,23,33H,4-5,8-13H2,(H,27,31,32). The summed E-state index contributed by atoms with van der Waals surface area (Å²) in [5.41, 5.74) is 4.15. The SMILES string of the molecule is O=C1CCC(N2Cc3c(CN4CCN(c5ccnc(Br)c5F)CC4)cccc3C2S)C(=O)N1. The Labute approximate surface area is 205 Å². The number of anilines is 1. The number of thiol groups is 1. The average Bonchev–Trinajstić information content (AvgIpc) is 3.14. The van der Waals surface area contributed by atoms with E-state index in [2.05, 4.69) is 53.1 Å². The van der Waals surface area contributed by atoms with Gasteiger partial charge in [-0.2, -0.15) is 12.6 Å². The van der Waals surface area contributed by atoms with Crippen molar-refractivity contribution in [2.45, 2.75) is 37.3 Å². The van der Waals surface area contributed by atoms with Gasteiger partial charge in [-0.1, -0.05) is 18.2 Å². The Morgan fingerprint density at radius 3 is 2.73 bits per heavy atom. The molecule has 10 heteroatoms. The maximum atomic E-state index is 14.4. The Balaban J connectivity index is 1.26. The number of piperidine rings is 1. The van der Waals surface area contributed by atoms with Gasteiger partial charge in [-0.05, 0) is 45.1 Å². The third-order valence-corrected chi connectivity index (χ3v) is 7.91. The van der Waals surface area contributed by atoms with Gasteiger partial charge >= 0.3 is 0 Å². The summed E-state index contributed by atoms with van der Waals surface area (Å²) in [7, 11) is 0. The molecule has 0 spiro atoms. The Kier molecular flexibility index (Phi) is 6.43. The number of imide groups is 1. The third-order valence-electron chi connectivity index (χ3n) is 6.79. The van der Waals surface area contributed by atoms with E-state index in [-0.39, 0.29) is 33.7 Å². The van der Waals surface area contributed by atoms with Crippen molar-refractivity contribution in [1.29, 1.82) is 0 Å². The second-order valence-corrected chi connectivity index (χ2v) is 9.94. The van der Waals surface area contributed by atoms with Gasteiger partial charge in [0.05, 0.1) is 17.1 Å². The molecule has 7 nitrogen and oxygen atoms in total. The predicted octanol–water partition coefficient (Wildman–Crippen LogP) is 2.85. The average molecular weight is 534 g/mol. The van der Waals surface area contributed by atoms with Gasteiger partial charge in [-0.15, -0.1) is 0 Å². The molecule has 1 aromatic heterocycles. The summed E-state index contributed by atoms with van der Waals surface area (Å²) in [5, 5.41) is 2.29. The van der Waals surface area contributed by atoms with Crippen molar-refractivity contribution in [3.05, 3.63) is 57.6 Å². The number of fused-ring (bicyclic) bond motifs is 1. The molecule has 3 aliphatic rings. The number of hydrogen-bond acceptors (Lipinski definition) is 7. The van der Waals surface area contributed by atoms with Gasteiger partial charge in [0.15, 0.2) is 5.82 Å². The normalized spacial score (nSPS) is 24.2. The van der Waals surface area contributed by atoms with Crippen LogP contribution in [0.25, 0.3) is 0 Å². The Bertz CT molecular complexity index is 1090. The molecular formula is C23H25BrFN5O2S. The van der Waals surface area contributed by atoms with Crippen molar-refractivity contribution in [3.63, 3.8) is 0 Å². The second-order valence-electron chi connectivity index (χ2n) is 8.70. The number of carbonyl (C=O) groups is 2. The third kappa shape index (κ3) is 4.41. The fourth-order valence-electron chi connectivity index (χ4n) is 5.01. The molecule has 2 aromatic rings. The van der Waals surface area contributed by atoms with Crippen molar-refractivity contribution in [2.24, 2.45) is 0 Å². The quantitative estimate of drug-likeness (QED) is 0.358. The first-order valence-corrected chi connectivity index (χ1v) is 12.4. The largest absolute Gasteiger partial charge is 0.366 e. The maximum Gasteiger partial charge on any atom is 0.243 e. The van der Waals surface area contributed by atoms with E-state index >= 15 is 0 Å². The number of aromatic nitrogens is 1. The van der Waals surface area contributed by atoms with Crippen molar-refractivity contribution >= 4 is 46.1 Å². The van der Waals surface area contributed by atoms with Crippen molar-refractivity contribution < 1.29 is 14.0 Å². The highest BCUT2D eigenvalue weighted by atomic mass is 79.9. The van der Waals surface area contributed by atoms with E-state index in [1.54, 1.807) is 12.3 Å². The summed E-state index contributed by atoms with van der Waals surface area (Å²) in [5.74, 6) is -0.756. The lowest BCUT2D eigenvalue weighted by atomic mass is 10.0. The number of nitrogens with one attached hydrogen (secondary N) is 1. The first-order chi connectivity index (χ1) is 15.9. The summed E-state index contributed by atoms with van der Waals surface area (Å²) in [6, 6.07) is 7.63. The fraction of sp³-hybridized carbons (Fsp3) is 0.435. The zero-order chi connectivity index (χ0) is 23.1. The highest BCUT2D eigenvalue weighted by Gasteiger charge is 2.39. The molecule has 2 saturated heterocycles. The fourth-order valence-corrected chi connectivity index (χ4v) is 5.81. The summed E-state index contributed by atoms with van der Waals surface area (Å²) >= 11 is 7.99. The number of piperazine rings is 1. The summed E-state index contributed by atoms with van der Waals surface area (Å²) in [6.07, 6.45) is 2.49. The molecule has 174 valence electrons. The minimum absolute atomic E-state index is 0.172. The molecular weight excluding hydrogens is 509 g/mol. The molecule has 3 aliphatic heterocycles. The van der Waals surface area contributed by atoms with Gasteiger partial charge in [0, 0.05) is 51.9 Å². The molecule has 0 saturated carbocycles. The monoisotopic (exact) mass is 533 g/mol. The number of amides is 2. The highest BCUT2D eigenvalue weighted by molar-refractivity contribution is 9.10. The number of hydrogen-bond donors (Lipinski definition) is 2. The number of pyridine rings is 1. The van der Waals surface area contributed by atoms with Crippen LogP contribution < -0.4 is 10.2 Å². The zero-order valence-corrected chi connectivity index (χ0v) is 20.5. The smallest absolute Gasteiger partial charge is 0.243 e. The van der Waals surface area contributed by atoms with E-state index in [4.69, 9.17) is 12.6 Å².